The minimum Gasteiger partial charge on any atom is -0.398 e. The number of aromatic nitrogens is 5. The average Bonchev–Trinajstić information content (AvgIpc) is 3.00. The first-order chi connectivity index (χ1) is 10.3. The van der Waals surface area contributed by atoms with Crippen molar-refractivity contribution in [2.24, 2.45) is 0 Å². The Morgan fingerprint density at radius 1 is 1.05 bits per heavy atom. The van der Waals surface area contributed by atoms with Crippen LogP contribution in [0.1, 0.15) is 0 Å². The number of nitrogens with two attached hydrogens (primary N) is 1. The first kappa shape index (κ1) is 12.1. The molecule has 0 bridgehead atoms. The third kappa shape index (κ3) is 1.98. The first-order valence-electron chi connectivity index (χ1n) is 6.28. The zero-order chi connectivity index (χ0) is 14.2. The summed E-state index contributed by atoms with van der Waals surface area (Å²) in [7, 11) is 0. The van der Waals surface area contributed by atoms with Crippen LogP contribution in [0.4, 0.5) is 5.69 Å². The number of nitrogen functional groups attached to an aromatic ring is 1. The van der Waals surface area contributed by atoms with Gasteiger partial charge in [0.2, 0.25) is 0 Å². The van der Waals surface area contributed by atoms with Crippen molar-refractivity contribution in [1.29, 1.82) is 0 Å². The van der Waals surface area contributed by atoms with E-state index in [2.05, 4.69) is 24.9 Å². The number of benzene rings is 1. The molecule has 0 spiro atoms. The molecule has 0 amide bonds. The third-order valence-corrected chi connectivity index (χ3v) is 4.21. The van der Waals surface area contributed by atoms with Crippen molar-refractivity contribution in [2.75, 3.05) is 5.73 Å². The van der Waals surface area contributed by atoms with E-state index in [9.17, 15) is 0 Å². The van der Waals surface area contributed by atoms with Gasteiger partial charge in [0.15, 0.2) is 5.65 Å². The Bertz CT molecular complexity index is 948. The lowest BCUT2D eigenvalue weighted by Gasteiger charge is -2.07. The molecule has 0 fully saturated rings. The van der Waals surface area contributed by atoms with Gasteiger partial charge in [-0.2, -0.15) is 0 Å². The molecule has 102 valence electrons. The predicted molar refractivity (Wildman–Crippen MR) is 82.0 cm³/mol. The fraction of sp³-hybridized carbons (Fsp3) is 0. The van der Waals surface area contributed by atoms with Crippen LogP contribution < -0.4 is 5.73 Å². The molecule has 0 aliphatic rings. The van der Waals surface area contributed by atoms with Crippen LogP contribution in [0.2, 0.25) is 0 Å². The van der Waals surface area contributed by atoms with E-state index in [1.807, 2.05) is 24.3 Å². The molecule has 0 saturated heterocycles. The molecule has 0 aliphatic heterocycles. The summed E-state index contributed by atoms with van der Waals surface area (Å²) in [5, 5.41) is 1.76. The number of imidazole rings is 1. The number of nitrogens with one attached hydrogen (secondary N) is 1. The topological polar surface area (TPSA) is 93.4 Å². The zero-order valence-corrected chi connectivity index (χ0v) is 11.6. The minimum atomic E-state index is 0.653. The van der Waals surface area contributed by atoms with Gasteiger partial charge in [-0.25, -0.2) is 15.0 Å². The number of hydrogen-bond acceptors (Lipinski definition) is 6. The molecule has 7 heteroatoms. The van der Waals surface area contributed by atoms with E-state index in [0.717, 1.165) is 32.0 Å². The molecule has 0 saturated carbocycles. The van der Waals surface area contributed by atoms with E-state index in [1.54, 1.807) is 12.5 Å². The SMILES string of the molecule is Nc1ccc(Sc2ncnc3nc[nH]c23)c2ncccc12. The summed E-state index contributed by atoms with van der Waals surface area (Å²) in [5.74, 6) is 0. The van der Waals surface area contributed by atoms with Crippen LogP contribution in [-0.2, 0) is 0 Å². The molecule has 0 unspecified atom stereocenters. The molecular formula is C14H10N6S. The Balaban J connectivity index is 1.88. The van der Waals surface area contributed by atoms with E-state index in [1.165, 1.54) is 18.1 Å². The highest BCUT2D eigenvalue weighted by atomic mass is 32.2. The van der Waals surface area contributed by atoms with Crippen LogP contribution in [0.5, 0.6) is 0 Å². The number of pyridine rings is 1. The number of rotatable bonds is 2. The van der Waals surface area contributed by atoms with Gasteiger partial charge in [-0.05, 0) is 24.3 Å². The van der Waals surface area contributed by atoms with Gasteiger partial charge in [-0.15, -0.1) is 0 Å². The lowest BCUT2D eigenvalue weighted by molar-refractivity contribution is 1.08. The van der Waals surface area contributed by atoms with E-state index in [-0.39, 0.29) is 0 Å². The molecule has 21 heavy (non-hydrogen) atoms. The van der Waals surface area contributed by atoms with E-state index in [0.29, 0.717) is 5.65 Å². The summed E-state index contributed by atoms with van der Waals surface area (Å²) in [4.78, 5) is 21.1. The normalized spacial score (nSPS) is 11.2. The zero-order valence-electron chi connectivity index (χ0n) is 10.8. The second-order valence-electron chi connectivity index (χ2n) is 4.43. The van der Waals surface area contributed by atoms with Gasteiger partial charge in [0.05, 0.1) is 11.8 Å². The Morgan fingerprint density at radius 2 is 2.00 bits per heavy atom. The highest BCUT2D eigenvalue weighted by Crippen LogP contribution is 2.35. The molecule has 1 aromatic carbocycles. The Hall–Kier alpha value is -2.67. The number of anilines is 1. The lowest BCUT2D eigenvalue weighted by Crippen LogP contribution is -1.91. The molecule has 3 N–H and O–H groups in total. The molecule has 0 atom stereocenters. The summed E-state index contributed by atoms with van der Waals surface area (Å²) in [6.45, 7) is 0. The molecular weight excluding hydrogens is 284 g/mol. The van der Waals surface area contributed by atoms with E-state index < -0.39 is 0 Å². The van der Waals surface area contributed by atoms with Crippen LogP contribution in [0, 0.1) is 0 Å². The summed E-state index contributed by atoms with van der Waals surface area (Å²) < 4.78 is 0. The average molecular weight is 294 g/mol. The van der Waals surface area contributed by atoms with Gasteiger partial charge in [-0.1, -0.05) is 11.8 Å². The summed E-state index contributed by atoms with van der Waals surface area (Å²) in [6, 6.07) is 7.69. The predicted octanol–water partition coefficient (Wildman–Crippen LogP) is 2.63. The molecule has 0 aliphatic carbocycles. The maximum atomic E-state index is 6.00. The second-order valence-corrected chi connectivity index (χ2v) is 5.47. The molecule has 3 aromatic heterocycles. The van der Waals surface area contributed by atoms with Crippen molar-refractivity contribution in [3.8, 4) is 0 Å². The van der Waals surface area contributed by atoms with Crippen molar-refractivity contribution in [1.82, 2.24) is 24.9 Å². The Morgan fingerprint density at radius 3 is 2.95 bits per heavy atom. The number of H-pyrrole nitrogens is 1. The van der Waals surface area contributed by atoms with E-state index >= 15 is 0 Å². The molecule has 6 nitrogen and oxygen atoms in total. The largest absolute Gasteiger partial charge is 0.398 e. The van der Waals surface area contributed by atoms with Gasteiger partial charge < -0.3 is 10.7 Å². The monoisotopic (exact) mass is 294 g/mol. The quantitative estimate of drug-likeness (QED) is 0.436. The van der Waals surface area contributed by atoms with Crippen molar-refractivity contribution in [3.63, 3.8) is 0 Å². The molecule has 0 radical (unpaired) electrons. The second kappa shape index (κ2) is 4.71. The summed E-state index contributed by atoms with van der Waals surface area (Å²) >= 11 is 1.52. The van der Waals surface area contributed by atoms with Crippen LogP contribution in [-0.4, -0.2) is 24.9 Å². The Labute approximate surface area is 123 Å². The van der Waals surface area contributed by atoms with Crippen molar-refractivity contribution >= 4 is 39.5 Å². The third-order valence-electron chi connectivity index (χ3n) is 3.16. The first-order valence-corrected chi connectivity index (χ1v) is 7.10. The van der Waals surface area contributed by atoms with Crippen molar-refractivity contribution in [2.45, 2.75) is 9.92 Å². The van der Waals surface area contributed by atoms with Gasteiger partial charge in [0.1, 0.15) is 16.9 Å². The van der Waals surface area contributed by atoms with Crippen LogP contribution >= 0.6 is 11.8 Å². The fourth-order valence-electron chi connectivity index (χ4n) is 2.18. The number of hydrogen-bond donors (Lipinski definition) is 2. The summed E-state index contributed by atoms with van der Waals surface area (Å²) in [5.41, 5.74) is 9.07. The molecule has 4 rings (SSSR count). The van der Waals surface area contributed by atoms with Crippen LogP contribution in [0.3, 0.4) is 0 Å². The Kier molecular flexibility index (Phi) is 2.71. The van der Waals surface area contributed by atoms with Crippen molar-refractivity contribution in [3.05, 3.63) is 43.1 Å². The van der Waals surface area contributed by atoms with Gasteiger partial charge in [0, 0.05) is 22.2 Å². The van der Waals surface area contributed by atoms with Crippen LogP contribution in [0.25, 0.3) is 22.1 Å². The highest BCUT2D eigenvalue weighted by Gasteiger charge is 2.11. The minimum absolute atomic E-state index is 0.653. The van der Waals surface area contributed by atoms with Crippen molar-refractivity contribution < 1.29 is 0 Å². The van der Waals surface area contributed by atoms with Gasteiger partial charge in [0.25, 0.3) is 0 Å². The maximum Gasteiger partial charge on any atom is 0.181 e. The highest BCUT2D eigenvalue weighted by molar-refractivity contribution is 7.99. The van der Waals surface area contributed by atoms with Crippen LogP contribution in [0.15, 0.2) is 53.0 Å². The maximum absolute atomic E-state index is 6.00. The number of aromatic amines is 1. The van der Waals surface area contributed by atoms with E-state index in [4.69, 9.17) is 5.73 Å². The number of fused-ring (bicyclic) bond motifs is 2. The molecule has 4 aromatic rings. The van der Waals surface area contributed by atoms with Gasteiger partial charge >= 0.3 is 0 Å². The molecule has 3 heterocycles. The summed E-state index contributed by atoms with van der Waals surface area (Å²) in [6.07, 6.45) is 4.89. The smallest absolute Gasteiger partial charge is 0.181 e. The lowest BCUT2D eigenvalue weighted by atomic mass is 10.2. The standard InChI is InChI=1S/C14H10N6S/c15-9-3-4-10(11-8(9)2-1-5-16-11)21-14-12-13(18-6-17-12)19-7-20-14/h1-7H,15H2,(H,17,18,19,20). The number of nitrogens with zero attached hydrogens (tertiary/aromatic N) is 4. The fourth-order valence-corrected chi connectivity index (χ4v) is 3.13. The van der Waals surface area contributed by atoms with Gasteiger partial charge in [-0.3, -0.25) is 4.98 Å².